The van der Waals surface area contributed by atoms with E-state index in [0.717, 1.165) is 0 Å². The lowest BCUT2D eigenvalue weighted by Gasteiger charge is -2.07. The number of hydrogen-bond acceptors (Lipinski definition) is 4. The van der Waals surface area contributed by atoms with E-state index in [9.17, 15) is 9.59 Å². The maximum absolute atomic E-state index is 11.7. The number of carbonyl (C=O) groups is 1. The number of rotatable bonds is 3. The van der Waals surface area contributed by atoms with E-state index in [4.69, 9.17) is 14.3 Å². The van der Waals surface area contributed by atoms with Crippen LogP contribution in [0.3, 0.4) is 0 Å². The van der Waals surface area contributed by atoms with E-state index in [0.29, 0.717) is 22.3 Å². The molecule has 0 aliphatic rings. The molecule has 0 unspecified atom stereocenters. The Hall–Kier alpha value is -2.30. The first kappa shape index (κ1) is 12.2. The summed E-state index contributed by atoms with van der Waals surface area (Å²) in [5.41, 5.74) is 0.591. The van der Waals surface area contributed by atoms with Crippen molar-refractivity contribution < 1.29 is 19.1 Å². The molecule has 0 bridgehead atoms. The van der Waals surface area contributed by atoms with Gasteiger partial charge in [-0.2, -0.15) is 0 Å². The lowest BCUT2D eigenvalue weighted by molar-refractivity contribution is -0.136. The van der Waals surface area contributed by atoms with Crippen LogP contribution in [0.1, 0.15) is 11.1 Å². The molecule has 0 atom stereocenters. The molecule has 1 aromatic heterocycles. The first-order valence-corrected chi connectivity index (χ1v) is 5.35. The topological polar surface area (TPSA) is 76.7 Å². The standard InChI is InChI=1S/C13H12O5/c1-7-9-4-3-8(17-2)5-11(9)18-13(16)10(7)6-12(14)15/h3-5H,6H2,1-2H3,(H,14,15). The van der Waals surface area contributed by atoms with Gasteiger partial charge in [-0.15, -0.1) is 0 Å². The van der Waals surface area contributed by atoms with Crippen molar-refractivity contribution >= 4 is 16.9 Å². The first-order chi connectivity index (χ1) is 8.52. The Labute approximate surface area is 103 Å². The average Bonchev–Trinajstić information content (AvgIpc) is 2.33. The van der Waals surface area contributed by atoms with Gasteiger partial charge in [-0.3, -0.25) is 4.79 Å². The third kappa shape index (κ3) is 2.07. The van der Waals surface area contributed by atoms with Crippen LogP contribution in [0.25, 0.3) is 11.0 Å². The highest BCUT2D eigenvalue weighted by atomic mass is 16.5. The highest BCUT2D eigenvalue weighted by Crippen LogP contribution is 2.24. The van der Waals surface area contributed by atoms with Gasteiger partial charge >= 0.3 is 11.6 Å². The fraction of sp³-hybridized carbons (Fsp3) is 0.231. The Kier molecular flexibility index (Phi) is 3.06. The predicted octanol–water partition coefficient (Wildman–Crippen LogP) is 1.74. The van der Waals surface area contributed by atoms with Crippen LogP contribution in [0.5, 0.6) is 5.75 Å². The third-order valence-electron chi connectivity index (χ3n) is 2.82. The first-order valence-electron chi connectivity index (χ1n) is 5.35. The monoisotopic (exact) mass is 248 g/mol. The van der Waals surface area contributed by atoms with Gasteiger partial charge in [0, 0.05) is 11.5 Å². The molecule has 1 N–H and O–H groups in total. The molecule has 0 aliphatic carbocycles. The van der Waals surface area contributed by atoms with E-state index in [1.807, 2.05) is 0 Å². The minimum atomic E-state index is -1.06. The molecule has 0 spiro atoms. The SMILES string of the molecule is COc1ccc2c(C)c(CC(=O)O)c(=O)oc2c1. The van der Waals surface area contributed by atoms with E-state index in [1.54, 1.807) is 25.1 Å². The van der Waals surface area contributed by atoms with E-state index < -0.39 is 11.6 Å². The summed E-state index contributed by atoms with van der Waals surface area (Å²) in [6.45, 7) is 1.71. The van der Waals surface area contributed by atoms with Crippen LogP contribution in [0.15, 0.2) is 27.4 Å². The average molecular weight is 248 g/mol. The minimum absolute atomic E-state index is 0.181. The van der Waals surface area contributed by atoms with Gasteiger partial charge in [0.05, 0.1) is 19.1 Å². The van der Waals surface area contributed by atoms with Crippen molar-refractivity contribution in [3.8, 4) is 5.75 Å². The molecule has 5 heteroatoms. The molecule has 0 aliphatic heterocycles. The van der Waals surface area contributed by atoms with Crippen LogP contribution >= 0.6 is 0 Å². The summed E-state index contributed by atoms with van der Waals surface area (Å²) in [7, 11) is 1.52. The number of ether oxygens (including phenoxy) is 1. The summed E-state index contributed by atoms with van der Waals surface area (Å²) < 4.78 is 10.2. The number of aliphatic carboxylic acids is 1. The molecular weight excluding hydrogens is 236 g/mol. The Morgan fingerprint density at radius 2 is 2.17 bits per heavy atom. The molecule has 18 heavy (non-hydrogen) atoms. The summed E-state index contributed by atoms with van der Waals surface area (Å²) in [6, 6.07) is 5.09. The third-order valence-corrected chi connectivity index (χ3v) is 2.82. The Morgan fingerprint density at radius 3 is 2.78 bits per heavy atom. The zero-order valence-corrected chi connectivity index (χ0v) is 10.0. The van der Waals surface area contributed by atoms with Gasteiger partial charge in [0.1, 0.15) is 11.3 Å². The van der Waals surface area contributed by atoms with Crippen molar-refractivity contribution in [2.75, 3.05) is 7.11 Å². The van der Waals surface area contributed by atoms with Crippen LogP contribution in [-0.4, -0.2) is 18.2 Å². The van der Waals surface area contributed by atoms with E-state index in [1.165, 1.54) is 7.11 Å². The maximum Gasteiger partial charge on any atom is 0.340 e. The summed E-state index contributed by atoms with van der Waals surface area (Å²) in [6.07, 6.45) is -0.337. The highest BCUT2D eigenvalue weighted by molar-refractivity contribution is 5.83. The Bertz CT molecular complexity index is 669. The van der Waals surface area contributed by atoms with E-state index >= 15 is 0 Å². The summed E-state index contributed by atoms with van der Waals surface area (Å²) >= 11 is 0. The van der Waals surface area contributed by atoms with E-state index in [-0.39, 0.29) is 12.0 Å². The number of fused-ring (bicyclic) bond motifs is 1. The normalized spacial score (nSPS) is 10.6. The molecule has 0 fully saturated rings. The number of benzene rings is 1. The van der Waals surface area contributed by atoms with Gasteiger partial charge in [0.15, 0.2) is 0 Å². The van der Waals surface area contributed by atoms with Gasteiger partial charge in [0.2, 0.25) is 0 Å². The van der Waals surface area contributed by atoms with Gasteiger partial charge in [-0.25, -0.2) is 4.79 Å². The molecule has 94 valence electrons. The van der Waals surface area contributed by atoms with E-state index in [2.05, 4.69) is 0 Å². The fourth-order valence-corrected chi connectivity index (χ4v) is 1.86. The lowest BCUT2D eigenvalue weighted by Crippen LogP contribution is -2.14. The molecule has 1 heterocycles. The molecular formula is C13H12O5. The van der Waals surface area contributed by atoms with Crippen molar-refractivity contribution in [3.63, 3.8) is 0 Å². The van der Waals surface area contributed by atoms with Gasteiger partial charge in [-0.05, 0) is 24.6 Å². The second kappa shape index (κ2) is 4.52. The van der Waals surface area contributed by atoms with Crippen molar-refractivity contribution in [1.82, 2.24) is 0 Å². The van der Waals surface area contributed by atoms with Gasteiger partial charge < -0.3 is 14.3 Å². The zero-order chi connectivity index (χ0) is 13.3. The smallest absolute Gasteiger partial charge is 0.340 e. The molecule has 1 aromatic carbocycles. The van der Waals surface area contributed by atoms with Crippen molar-refractivity contribution in [1.29, 1.82) is 0 Å². The van der Waals surface area contributed by atoms with Crippen molar-refractivity contribution in [2.24, 2.45) is 0 Å². The van der Waals surface area contributed by atoms with Crippen LogP contribution in [0.4, 0.5) is 0 Å². The quantitative estimate of drug-likeness (QED) is 0.837. The van der Waals surface area contributed by atoms with Crippen LogP contribution in [0.2, 0.25) is 0 Å². The molecule has 2 aromatic rings. The Balaban J connectivity index is 2.71. The molecule has 0 amide bonds. The summed E-state index contributed by atoms with van der Waals surface area (Å²) in [5.74, 6) is -0.478. The highest BCUT2D eigenvalue weighted by Gasteiger charge is 2.14. The van der Waals surface area contributed by atoms with Crippen molar-refractivity contribution in [2.45, 2.75) is 13.3 Å². The Morgan fingerprint density at radius 1 is 1.44 bits per heavy atom. The number of methoxy groups -OCH3 is 1. The number of carboxylic acid groups (broad SMARTS) is 1. The maximum atomic E-state index is 11.7. The summed E-state index contributed by atoms with van der Waals surface area (Å²) in [5, 5.41) is 9.48. The van der Waals surface area contributed by atoms with Crippen LogP contribution in [0, 0.1) is 6.92 Å². The van der Waals surface area contributed by atoms with Crippen LogP contribution in [-0.2, 0) is 11.2 Å². The molecule has 0 saturated carbocycles. The zero-order valence-electron chi connectivity index (χ0n) is 10.0. The minimum Gasteiger partial charge on any atom is -0.497 e. The van der Waals surface area contributed by atoms with Crippen LogP contribution < -0.4 is 10.4 Å². The molecule has 2 rings (SSSR count). The summed E-state index contributed by atoms with van der Waals surface area (Å²) in [4.78, 5) is 22.4. The number of hydrogen-bond donors (Lipinski definition) is 1. The second-order valence-corrected chi connectivity index (χ2v) is 3.93. The largest absolute Gasteiger partial charge is 0.497 e. The van der Waals surface area contributed by atoms with Gasteiger partial charge in [0.25, 0.3) is 0 Å². The predicted molar refractivity (Wildman–Crippen MR) is 65.1 cm³/mol. The number of aryl methyl sites for hydroxylation is 1. The number of carboxylic acids is 1. The van der Waals surface area contributed by atoms with Crippen molar-refractivity contribution in [3.05, 3.63) is 39.7 Å². The molecule has 0 saturated heterocycles. The molecule has 5 nitrogen and oxygen atoms in total. The molecule has 0 radical (unpaired) electrons. The second-order valence-electron chi connectivity index (χ2n) is 3.93. The lowest BCUT2D eigenvalue weighted by atomic mass is 10.0. The fourth-order valence-electron chi connectivity index (χ4n) is 1.86. The van der Waals surface area contributed by atoms with Gasteiger partial charge in [-0.1, -0.05) is 0 Å².